The van der Waals surface area contributed by atoms with E-state index in [1.807, 2.05) is 30.4 Å². The minimum absolute atomic E-state index is 0.0312. The highest BCUT2D eigenvalue weighted by molar-refractivity contribution is 6.11. The molecule has 0 aliphatic carbocycles. The number of amides is 3. The van der Waals surface area contributed by atoms with Crippen molar-refractivity contribution < 1.29 is 14.4 Å². The van der Waals surface area contributed by atoms with Crippen LogP contribution < -0.4 is 10.2 Å². The molecule has 1 aromatic rings. The number of hydrogen-bond donors (Lipinski definition) is 1. The minimum Gasteiger partial charge on any atom is -0.307 e. The number of anilines is 1. The van der Waals surface area contributed by atoms with Crippen molar-refractivity contribution in [3.05, 3.63) is 35.4 Å². The number of rotatable bonds is 1. The molecule has 2 atom stereocenters. The van der Waals surface area contributed by atoms with Gasteiger partial charge in [-0.2, -0.15) is 0 Å². The van der Waals surface area contributed by atoms with Gasteiger partial charge in [0.25, 0.3) is 0 Å². The fourth-order valence-electron chi connectivity index (χ4n) is 3.57. The maximum atomic E-state index is 12.7. The molecule has 1 aromatic carbocycles. The van der Waals surface area contributed by atoms with Gasteiger partial charge in [0.2, 0.25) is 17.7 Å². The lowest BCUT2D eigenvalue weighted by molar-refractivity contribution is -0.139. The Morgan fingerprint density at radius 3 is 2.86 bits per heavy atom. The summed E-state index contributed by atoms with van der Waals surface area (Å²) >= 11 is 0. The van der Waals surface area contributed by atoms with Crippen LogP contribution in [0, 0.1) is 5.92 Å². The van der Waals surface area contributed by atoms with Crippen molar-refractivity contribution in [1.29, 1.82) is 0 Å². The fourth-order valence-corrected chi connectivity index (χ4v) is 3.57. The third kappa shape index (κ3) is 1.67. The number of benzene rings is 1. The van der Waals surface area contributed by atoms with Gasteiger partial charge in [-0.1, -0.05) is 30.4 Å². The molecule has 4 rings (SSSR count). The summed E-state index contributed by atoms with van der Waals surface area (Å²) in [6.07, 6.45) is 4.70. The summed E-state index contributed by atoms with van der Waals surface area (Å²) in [4.78, 5) is 37.9. The van der Waals surface area contributed by atoms with Crippen LogP contribution in [0.25, 0.3) is 6.08 Å². The van der Waals surface area contributed by atoms with Crippen LogP contribution in [-0.2, 0) is 14.4 Å². The van der Waals surface area contributed by atoms with Crippen LogP contribution in [0.5, 0.6) is 0 Å². The van der Waals surface area contributed by atoms with Crippen LogP contribution in [0.3, 0.4) is 0 Å². The number of piperidine rings is 1. The van der Waals surface area contributed by atoms with Crippen molar-refractivity contribution in [1.82, 2.24) is 5.32 Å². The zero-order chi connectivity index (χ0) is 14.6. The van der Waals surface area contributed by atoms with Crippen LogP contribution >= 0.6 is 0 Å². The van der Waals surface area contributed by atoms with Gasteiger partial charge in [0.15, 0.2) is 0 Å². The summed E-state index contributed by atoms with van der Waals surface area (Å²) in [5.41, 5.74) is 2.86. The first kappa shape index (κ1) is 12.3. The van der Waals surface area contributed by atoms with Gasteiger partial charge in [0, 0.05) is 13.0 Å². The molecule has 3 heterocycles. The second-order valence-electron chi connectivity index (χ2n) is 5.67. The molecule has 1 saturated heterocycles. The molecule has 1 N–H and O–H groups in total. The SMILES string of the molecule is O=C1CCC(C2C(=O)N3CC=Cc4cccc2c43)C(=O)N1. The first-order valence-corrected chi connectivity index (χ1v) is 7.11. The lowest BCUT2D eigenvalue weighted by atomic mass is 9.81. The zero-order valence-electron chi connectivity index (χ0n) is 11.3. The van der Waals surface area contributed by atoms with Crippen LogP contribution in [0.2, 0.25) is 0 Å². The number of carbonyl (C=O) groups excluding carboxylic acids is 3. The Kier molecular flexibility index (Phi) is 2.51. The molecule has 3 aliphatic heterocycles. The number of imide groups is 1. The Labute approximate surface area is 121 Å². The lowest BCUT2D eigenvalue weighted by Crippen LogP contribution is -2.45. The first-order valence-electron chi connectivity index (χ1n) is 7.11. The Bertz CT molecular complexity index is 707. The second-order valence-corrected chi connectivity index (χ2v) is 5.67. The van der Waals surface area contributed by atoms with Crippen molar-refractivity contribution in [2.45, 2.75) is 18.8 Å². The fraction of sp³-hybridized carbons (Fsp3) is 0.312. The average molecular weight is 282 g/mol. The molecule has 0 spiro atoms. The number of nitrogens with zero attached hydrogens (tertiary/aromatic N) is 1. The van der Waals surface area contributed by atoms with Gasteiger partial charge in [-0.15, -0.1) is 0 Å². The van der Waals surface area contributed by atoms with E-state index in [2.05, 4.69) is 5.32 Å². The van der Waals surface area contributed by atoms with Crippen molar-refractivity contribution in [3.63, 3.8) is 0 Å². The van der Waals surface area contributed by atoms with Gasteiger partial charge in [0.05, 0.1) is 17.5 Å². The minimum atomic E-state index is -0.465. The highest BCUT2D eigenvalue weighted by Crippen LogP contribution is 2.46. The summed E-state index contributed by atoms with van der Waals surface area (Å²) in [5.74, 6) is -1.52. The largest absolute Gasteiger partial charge is 0.307 e. The summed E-state index contributed by atoms with van der Waals surface area (Å²) < 4.78 is 0. The van der Waals surface area contributed by atoms with E-state index in [9.17, 15) is 14.4 Å². The summed E-state index contributed by atoms with van der Waals surface area (Å²) in [7, 11) is 0. The maximum Gasteiger partial charge on any atom is 0.235 e. The highest BCUT2D eigenvalue weighted by Gasteiger charge is 2.46. The second kappa shape index (κ2) is 4.28. The summed E-state index contributed by atoms with van der Waals surface area (Å²) in [6.45, 7) is 0.548. The molecule has 21 heavy (non-hydrogen) atoms. The predicted octanol–water partition coefficient (Wildman–Crippen LogP) is 1.20. The van der Waals surface area contributed by atoms with E-state index in [4.69, 9.17) is 0 Å². The zero-order valence-corrected chi connectivity index (χ0v) is 11.3. The van der Waals surface area contributed by atoms with Gasteiger partial charge in [0.1, 0.15) is 0 Å². The Balaban J connectivity index is 1.79. The molecule has 5 nitrogen and oxygen atoms in total. The summed E-state index contributed by atoms with van der Waals surface area (Å²) in [6, 6.07) is 5.81. The van der Waals surface area contributed by atoms with Crippen molar-refractivity contribution in [3.8, 4) is 0 Å². The Morgan fingerprint density at radius 1 is 1.19 bits per heavy atom. The van der Waals surface area contributed by atoms with Crippen LogP contribution in [0.15, 0.2) is 24.3 Å². The topological polar surface area (TPSA) is 66.5 Å². The predicted molar refractivity (Wildman–Crippen MR) is 76.4 cm³/mol. The van der Waals surface area contributed by atoms with E-state index in [0.29, 0.717) is 19.4 Å². The Morgan fingerprint density at radius 2 is 2.05 bits per heavy atom. The van der Waals surface area contributed by atoms with Crippen LogP contribution in [0.1, 0.15) is 29.9 Å². The molecule has 0 saturated carbocycles. The number of nitrogens with one attached hydrogen (secondary N) is 1. The molecule has 0 aromatic heterocycles. The molecule has 0 radical (unpaired) electrons. The number of carbonyl (C=O) groups is 3. The molecule has 2 unspecified atom stereocenters. The smallest absolute Gasteiger partial charge is 0.235 e. The first-order chi connectivity index (χ1) is 10.2. The van der Waals surface area contributed by atoms with Crippen molar-refractivity contribution in [2.75, 3.05) is 11.4 Å². The van der Waals surface area contributed by atoms with Crippen LogP contribution in [-0.4, -0.2) is 24.3 Å². The van der Waals surface area contributed by atoms with Crippen molar-refractivity contribution in [2.24, 2.45) is 5.92 Å². The third-order valence-corrected chi connectivity index (χ3v) is 4.51. The molecular formula is C16H14N2O3. The third-order valence-electron chi connectivity index (χ3n) is 4.51. The van der Waals surface area contributed by atoms with Crippen molar-refractivity contribution >= 4 is 29.5 Å². The normalized spacial score (nSPS) is 26.9. The molecule has 3 amide bonds. The number of para-hydroxylation sites is 1. The molecule has 0 bridgehead atoms. The van der Waals surface area contributed by atoms with E-state index in [0.717, 1.165) is 16.8 Å². The van der Waals surface area contributed by atoms with Crippen LogP contribution in [0.4, 0.5) is 5.69 Å². The van der Waals surface area contributed by atoms with Gasteiger partial charge >= 0.3 is 0 Å². The van der Waals surface area contributed by atoms with Gasteiger partial charge in [-0.25, -0.2) is 0 Å². The summed E-state index contributed by atoms with van der Waals surface area (Å²) in [5, 5.41) is 2.36. The molecule has 5 heteroatoms. The molecule has 106 valence electrons. The van der Waals surface area contributed by atoms with E-state index < -0.39 is 11.8 Å². The van der Waals surface area contributed by atoms with Gasteiger partial charge in [-0.3, -0.25) is 19.7 Å². The quantitative estimate of drug-likeness (QED) is 0.787. The van der Waals surface area contributed by atoms with E-state index >= 15 is 0 Å². The molecule has 3 aliphatic rings. The van der Waals surface area contributed by atoms with Gasteiger partial charge < -0.3 is 4.90 Å². The number of hydrogen-bond acceptors (Lipinski definition) is 3. The van der Waals surface area contributed by atoms with E-state index in [1.165, 1.54) is 0 Å². The van der Waals surface area contributed by atoms with E-state index in [-0.39, 0.29) is 17.7 Å². The standard InChI is InChI=1S/C16H14N2O3/c19-12-7-6-11(15(20)17-12)13-10-5-1-3-9-4-2-8-18(14(9)10)16(13)21/h1-5,11,13H,6-8H2,(H,17,19,20). The molecular weight excluding hydrogens is 268 g/mol. The lowest BCUT2D eigenvalue weighted by Gasteiger charge is -2.25. The monoisotopic (exact) mass is 282 g/mol. The Hall–Kier alpha value is -2.43. The maximum absolute atomic E-state index is 12.7. The van der Waals surface area contributed by atoms with E-state index in [1.54, 1.807) is 4.90 Å². The van der Waals surface area contributed by atoms with Gasteiger partial charge in [-0.05, 0) is 17.5 Å². The molecule has 1 fully saturated rings. The highest BCUT2D eigenvalue weighted by atomic mass is 16.2. The average Bonchev–Trinajstić information content (AvgIpc) is 2.75.